The van der Waals surface area contributed by atoms with Gasteiger partial charge in [-0.1, -0.05) is 36.4 Å². The molecule has 2 unspecified atom stereocenters. The Morgan fingerprint density at radius 2 is 1.76 bits per heavy atom. The van der Waals surface area contributed by atoms with E-state index < -0.39 is 5.60 Å². The fraction of sp³-hybridized carbons (Fsp3) is 0.526. The molecule has 4 saturated carbocycles. The van der Waals surface area contributed by atoms with E-state index in [-0.39, 0.29) is 11.2 Å². The van der Waals surface area contributed by atoms with Crippen molar-refractivity contribution >= 4 is 11.9 Å². The number of rotatable bonds is 3. The molecule has 4 bridgehead atoms. The van der Waals surface area contributed by atoms with Gasteiger partial charge in [0.2, 0.25) is 0 Å². The molecular weight excluding hydrogens is 260 g/mol. The van der Waals surface area contributed by atoms with Crippen LogP contribution in [0.3, 0.4) is 0 Å². The number of aliphatic hydroxyl groups is 1. The van der Waals surface area contributed by atoms with Crippen LogP contribution in [0.25, 0.3) is 6.08 Å². The average molecular weight is 282 g/mol. The molecule has 0 aliphatic heterocycles. The summed E-state index contributed by atoms with van der Waals surface area (Å²) < 4.78 is 0. The van der Waals surface area contributed by atoms with E-state index in [0.717, 1.165) is 31.2 Å². The predicted octanol–water partition coefficient (Wildman–Crippen LogP) is 3.60. The summed E-state index contributed by atoms with van der Waals surface area (Å²) in [6.45, 7) is 0. The molecule has 1 aromatic rings. The van der Waals surface area contributed by atoms with Gasteiger partial charge in [-0.25, -0.2) is 0 Å². The smallest absolute Gasteiger partial charge is 0.161 e. The molecule has 4 aliphatic rings. The molecule has 110 valence electrons. The Bertz CT molecular complexity index is 573. The summed E-state index contributed by atoms with van der Waals surface area (Å²) in [5, 5.41) is 10.7. The van der Waals surface area contributed by atoms with E-state index in [2.05, 4.69) is 0 Å². The fourth-order valence-electron chi connectivity index (χ4n) is 5.42. The van der Waals surface area contributed by atoms with Gasteiger partial charge in [-0.15, -0.1) is 0 Å². The van der Waals surface area contributed by atoms with Crippen LogP contribution in [0.5, 0.6) is 0 Å². The molecule has 2 heteroatoms. The van der Waals surface area contributed by atoms with E-state index >= 15 is 0 Å². The lowest BCUT2D eigenvalue weighted by Gasteiger charge is -2.59. The van der Waals surface area contributed by atoms with Crippen LogP contribution in [0.4, 0.5) is 0 Å². The highest BCUT2D eigenvalue weighted by molar-refractivity contribution is 5.98. The Kier molecular flexibility index (Phi) is 2.87. The van der Waals surface area contributed by atoms with Crippen LogP contribution in [-0.2, 0) is 4.79 Å². The summed E-state index contributed by atoms with van der Waals surface area (Å²) in [6.07, 6.45) is 9.40. The summed E-state index contributed by atoms with van der Waals surface area (Å²) >= 11 is 0. The van der Waals surface area contributed by atoms with Crippen LogP contribution in [-0.4, -0.2) is 16.5 Å². The quantitative estimate of drug-likeness (QED) is 0.860. The first-order valence-electron chi connectivity index (χ1n) is 8.07. The normalized spacial score (nSPS) is 40.8. The number of benzene rings is 1. The molecule has 4 aliphatic carbocycles. The molecule has 1 N–H and O–H groups in total. The number of allylic oxidation sites excluding steroid dienone is 1. The van der Waals surface area contributed by atoms with Crippen molar-refractivity contribution in [2.75, 3.05) is 0 Å². The largest absolute Gasteiger partial charge is 0.390 e. The van der Waals surface area contributed by atoms with Crippen molar-refractivity contribution in [3.63, 3.8) is 0 Å². The second-order valence-electron chi connectivity index (χ2n) is 7.57. The van der Waals surface area contributed by atoms with E-state index in [0.29, 0.717) is 18.3 Å². The highest BCUT2D eigenvalue weighted by Crippen LogP contribution is 2.62. The Hall–Kier alpha value is -1.41. The van der Waals surface area contributed by atoms with Gasteiger partial charge in [-0.3, -0.25) is 4.79 Å². The van der Waals surface area contributed by atoms with E-state index in [1.165, 1.54) is 6.42 Å². The van der Waals surface area contributed by atoms with Crippen molar-refractivity contribution in [1.82, 2.24) is 0 Å². The number of hydrogen-bond acceptors (Lipinski definition) is 2. The van der Waals surface area contributed by atoms with Crippen molar-refractivity contribution < 1.29 is 9.90 Å². The molecule has 0 spiro atoms. The van der Waals surface area contributed by atoms with Gasteiger partial charge < -0.3 is 5.11 Å². The predicted molar refractivity (Wildman–Crippen MR) is 82.5 cm³/mol. The minimum absolute atomic E-state index is 0.235. The lowest BCUT2D eigenvalue weighted by molar-refractivity contribution is -0.173. The molecule has 2 atom stereocenters. The van der Waals surface area contributed by atoms with Crippen molar-refractivity contribution in [3.05, 3.63) is 42.0 Å². The van der Waals surface area contributed by atoms with E-state index in [1.54, 1.807) is 6.08 Å². The molecule has 0 saturated heterocycles. The third kappa shape index (κ3) is 2.26. The first kappa shape index (κ1) is 13.3. The minimum atomic E-state index is -0.555. The van der Waals surface area contributed by atoms with Crippen LogP contribution in [0, 0.1) is 17.3 Å². The Morgan fingerprint density at radius 1 is 1.10 bits per heavy atom. The number of ketones is 1. The second kappa shape index (κ2) is 4.54. The zero-order valence-electron chi connectivity index (χ0n) is 12.3. The zero-order chi connectivity index (χ0) is 14.5. The maximum atomic E-state index is 12.8. The lowest BCUT2D eigenvalue weighted by Crippen LogP contribution is -2.57. The highest BCUT2D eigenvalue weighted by Gasteiger charge is 2.59. The van der Waals surface area contributed by atoms with Crippen molar-refractivity contribution in [1.29, 1.82) is 0 Å². The van der Waals surface area contributed by atoms with Crippen molar-refractivity contribution in [2.24, 2.45) is 17.3 Å². The second-order valence-corrected chi connectivity index (χ2v) is 7.57. The van der Waals surface area contributed by atoms with E-state index in [1.807, 2.05) is 36.4 Å². The van der Waals surface area contributed by atoms with Gasteiger partial charge in [0.15, 0.2) is 5.78 Å². The van der Waals surface area contributed by atoms with Gasteiger partial charge in [0.1, 0.15) is 0 Å². The van der Waals surface area contributed by atoms with Crippen LogP contribution < -0.4 is 0 Å². The fourth-order valence-corrected chi connectivity index (χ4v) is 5.42. The van der Waals surface area contributed by atoms with Crippen LogP contribution in [0.15, 0.2) is 36.4 Å². The van der Waals surface area contributed by atoms with Gasteiger partial charge in [0.25, 0.3) is 0 Å². The van der Waals surface area contributed by atoms with E-state index in [9.17, 15) is 9.90 Å². The van der Waals surface area contributed by atoms with Crippen LogP contribution >= 0.6 is 0 Å². The first-order chi connectivity index (χ1) is 10.1. The monoisotopic (exact) mass is 282 g/mol. The van der Waals surface area contributed by atoms with Gasteiger partial charge in [0, 0.05) is 5.41 Å². The average Bonchev–Trinajstić information content (AvgIpc) is 2.43. The van der Waals surface area contributed by atoms with Gasteiger partial charge >= 0.3 is 0 Å². The molecule has 0 amide bonds. The molecule has 4 fully saturated rings. The third-order valence-electron chi connectivity index (χ3n) is 5.78. The Balaban J connectivity index is 1.58. The molecular formula is C19H22O2. The van der Waals surface area contributed by atoms with Crippen molar-refractivity contribution in [3.8, 4) is 0 Å². The van der Waals surface area contributed by atoms with Gasteiger partial charge in [-0.2, -0.15) is 0 Å². The van der Waals surface area contributed by atoms with Crippen LogP contribution in [0.2, 0.25) is 0 Å². The summed E-state index contributed by atoms with van der Waals surface area (Å²) in [6, 6.07) is 9.97. The molecule has 21 heavy (non-hydrogen) atoms. The summed E-state index contributed by atoms with van der Waals surface area (Å²) in [7, 11) is 0. The number of carbonyl (C=O) groups excluding carboxylic acids is 1. The van der Waals surface area contributed by atoms with E-state index in [4.69, 9.17) is 0 Å². The van der Waals surface area contributed by atoms with Crippen molar-refractivity contribution in [2.45, 2.75) is 44.1 Å². The molecule has 0 aromatic heterocycles. The summed E-state index contributed by atoms with van der Waals surface area (Å²) in [5.41, 5.74) is 0.235. The van der Waals surface area contributed by atoms with Gasteiger partial charge in [0.05, 0.1) is 5.60 Å². The standard InChI is InChI=1S/C19H22O2/c20-17(7-6-14-4-2-1-3-5-14)18-9-15-8-16(10-18)12-19(21,11-15)13-18/h1-7,15-16,21H,8-13H2/b7-6+. The zero-order valence-corrected chi connectivity index (χ0v) is 12.3. The topological polar surface area (TPSA) is 37.3 Å². The molecule has 0 radical (unpaired) electrons. The third-order valence-corrected chi connectivity index (χ3v) is 5.78. The van der Waals surface area contributed by atoms with Gasteiger partial charge in [-0.05, 0) is 62.0 Å². The molecule has 5 rings (SSSR count). The van der Waals surface area contributed by atoms with Crippen LogP contribution in [0.1, 0.15) is 44.1 Å². The maximum Gasteiger partial charge on any atom is 0.161 e. The highest BCUT2D eigenvalue weighted by atomic mass is 16.3. The summed E-state index contributed by atoms with van der Waals surface area (Å²) in [4.78, 5) is 12.8. The lowest BCUT2D eigenvalue weighted by atomic mass is 9.47. The molecule has 1 aromatic carbocycles. The number of hydrogen-bond donors (Lipinski definition) is 1. The summed E-state index contributed by atoms with van der Waals surface area (Å²) in [5.74, 6) is 1.36. The molecule has 0 heterocycles. The Labute approximate surface area is 125 Å². The minimum Gasteiger partial charge on any atom is -0.390 e. The molecule has 2 nitrogen and oxygen atoms in total. The first-order valence-corrected chi connectivity index (χ1v) is 8.07. The maximum absolute atomic E-state index is 12.8. The SMILES string of the molecule is O=C(/C=C/c1ccccc1)C12CC3CC(CC(O)(C3)C1)C2. The number of carbonyl (C=O) groups is 1. The Morgan fingerprint density at radius 3 is 2.38 bits per heavy atom.